The summed E-state index contributed by atoms with van der Waals surface area (Å²) in [6.45, 7) is 0. The van der Waals surface area contributed by atoms with E-state index in [1.54, 1.807) is 0 Å². The third-order valence-electron chi connectivity index (χ3n) is 4.22. The van der Waals surface area contributed by atoms with E-state index in [9.17, 15) is 32.3 Å². The zero-order valence-corrected chi connectivity index (χ0v) is 16.0. The molecule has 162 valence electrons. The summed E-state index contributed by atoms with van der Waals surface area (Å²) in [5.41, 5.74) is 0.179. The van der Waals surface area contributed by atoms with Gasteiger partial charge in [-0.2, -0.15) is 18.2 Å². The number of halogens is 3. The van der Waals surface area contributed by atoms with Gasteiger partial charge in [0.15, 0.2) is 5.92 Å². The Labute approximate surface area is 172 Å². The molecule has 0 unspecified atom stereocenters. The maximum Gasteiger partial charge on any atom is 0.451 e. The number of anilines is 1. The van der Waals surface area contributed by atoms with Crippen LogP contribution in [0, 0.1) is 5.92 Å². The highest BCUT2D eigenvalue weighted by Crippen LogP contribution is 2.28. The number of nitrogens with zero attached hydrogens (tertiary/aromatic N) is 4. The average Bonchev–Trinajstić information content (AvgIpc) is 2.72. The molecule has 1 N–H and O–H groups in total. The number of hydrogen-bond acceptors (Lipinski definition) is 7. The van der Waals surface area contributed by atoms with E-state index in [0.29, 0.717) is 9.80 Å². The predicted molar refractivity (Wildman–Crippen MR) is 96.6 cm³/mol. The first-order valence-electron chi connectivity index (χ1n) is 8.57. The molecule has 0 spiro atoms. The molecule has 1 aromatic heterocycles. The van der Waals surface area contributed by atoms with E-state index in [1.807, 2.05) is 0 Å². The number of hydrogen-bond donors (Lipinski definition) is 1. The molecule has 0 bridgehead atoms. The predicted octanol–water partition coefficient (Wildman–Crippen LogP) is 1.89. The molecule has 13 heteroatoms. The number of carbonyl (C=O) groups excluding carboxylic acids is 4. The number of amides is 5. The fourth-order valence-corrected chi connectivity index (χ4v) is 2.61. The molecule has 1 fully saturated rings. The molecule has 2 aromatic rings. The maximum absolute atomic E-state index is 12.7. The molecule has 0 radical (unpaired) electrons. The number of carbonyl (C=O) groups is 4. The molecule has 0 atom stereocenters. The summed E-state index contributed by atoms with van der Waals surface area (Å²) in [7, 11) is 2.30. The lowest BCUT2D eigenvalue weighted by molar-refractivity contribution is -0.151. The first-order chi connectivity index (χ1) is 14.5. The SMILES string of the molecule is CN1C(=O)C(C(=O)Nc2ccc(Oc3ccnc(C(F)(F)F)n3)cc2)C(=O)N(C)C1=O. The van der Waals surface area contributed by atoms with Crippen molar-refractivity contribution < 1.29 is 37.1 Å². The van der Waals surface area contributed by atoms with Gasteiger partial charge in [-0.15, -0.1) is 0 Å². The Hall–Kier alpha value is -4.03. The van der Waals surface area contributed by atoms with Crippen molar-refractivity contribution in [2.24, 2.45) is 5.92 Å². The molecular weight excluding hydrogens is 423 g/mol. The zero-order valence-electron chi connectivity index (χ0n) is 16.0. The summed E-state index contributed by atoms with van der Waals surface area (Å²) in [5, 5.41) is 2.37. The zero-order chi connectivity index (χ0) is 22.9. The van der Waals surface area contributed by atoms with E-state index in [4.69, 9.17) is 4.74 Å². The van der Waals surface area contributed by atoms with Gasteiger partial charge in [-0.05, 0) is 24.3 Å². The van der Waals surface area contributed by atoms with E-state index >= 15 is 0 Å². The van der Waals surface area contributed by atoms with Crippen LogP contribution in [0.25, 0.3) is 0 Å². The van der Waals surface area contributed by atoms with Crippen LogP contribution in [-0.2, 0) is 20.6 Å². The standard InChI is InChI=1S/C18H14F3N5O5/c1-25-14(28)12(15(29)26(2)17(25)30)13(27)23-9-3-5-10(6-4-9)31-11-7-8-22-16(24-11)18(19,20)21/h3-8,12H,1-2H3,(H,23,27). The van der Waals surface area contributed by atoms with Gasteiger partial charge in [0.25, 0.3) is 11.8 Å². The lowest BCUT2D eigenvalue weighted by atomic mass is 10.0. The van der Waals surface area contributed by atoms with Gasteiger partial charge >= 0.3 is 12.2 Å². The Morgan fingerprint density at radius 1 is 1.03 bits per heavy atom. The number of aromatic nitrogens is 2. The van der Waals surface area contributed by atoms with E-state index in [-0.39, 0.29) is 17.3 Å². The van der Waals surface area contributed by atoms with Gasteiger partial charge in [-0.1, -0.05) is 0 Å². The Morgan fingerprint density at radius 2 is 1.61 bits per heavy atom. The first-order valence-corrected chi connectivity index (χ1v) is 8.57. The van der Waals surface area contributed by atoms with E-state index in [1.165, 1.54) is 24.3 Å². The van der Waals surface area contributed by atoms with Crippen LogP contribution < -0.4 is 10.1 Å². The van der Waals surface area contributed by atoms with Crippen LogP contribution in [0.4, 0.5) is 23.7 Å². The van der Waals surface area contributed by atoms with Crippen molar-refractivity contribution in [2.75, 3.05) is 19.4 Å². The van der Waals surface area contributed by atoms with E-state index in [2.05, 4.69) is 15.3 Å². The van der Waals surface area contributed by atoms with Crippen LogP contribution >= 0.6 is 0 Å². The minimum atomic E-state index is -4.73. The largest absolute Gasteiger partial charge is 0.451 e. The summed E-state index contributed by atoms with van der Waals surface area (Å²) in [6, 6.07) is 5.64. The van der Waals surface area contributed by atoms with Gasteiger partial charge in [0.05, 0.1) is 0 Å². The number of urea groups is 1. The molecule has 1 aliphatic rings. The summed E-state index contributed by atoms with van der Waals surface area (Å²) in [5.74, 6) is -6.19. The van der Waals surface area contributed by atoms with Crippen molar-refractivity contribution in [3.63, 3.8) is 0 Å². The molecule has 1 aromatic carbocycles. The molecular formula is C18H14F3N5O5. The smallest absolute Gasteiger partial charge is 0.439 e. The van der Waals surface area contributed by atoms with Crippen molar-refractivity contribution in [3.05, 3.63) is 42.4 Å². The second-order valence-corrected chi connectivity index (χ2v) is 6.34. The molecule has 10 nitrogen and oxygen atoms in total. The third-order valence-corrected chi connectivity index (χ3v) is 4.22. The molecule has 1 aliphatic heterocycles. The monoisotopic (exact) mass is 437 g/mol. The van der Waals surface area contributed by atoms with Gasteiger partial charge < -0.3 is 10.1 Å². The van der Waals surface area contributed by atoms with Gasteiger partial charge in [0.1, 0.15) is 5.75 Å². The van der Waals surface area contributed by atoms with Crippen LogP contribution in [0.3, 0.4) is 0 Å². The quantitative estimate of drug-likeness (QED) is 0.725. The number of alkyl halides is 3. The molecule has 2 heterocycles. The van der Waals surface area contributed by atoms with E-state index in [0.717, 1.165) is 26.4 Å². The van der Waals surface area contributed by atoms with Gasteiger partial charge in [-0.3, -0.25) is 24.2 Å². The number of benzene rings is 1. The fraction of sp³-hybridized carbons (Fsp3) is 0.222. The van der Waals surface area contributed by atoms with Crippen LogP contribution in [0.15, 0.2) is 36.5 Å². The summed E-state index contributed by atoms with van der Waals surface area (Å²) in [6.07, 6.45) is -3.83. The fourth-order valence-electron chi connectivity index (χ4n) is 2.61. The lowest BCUT2D eigenvalue weighted by Crippen LogP contribution is -2.59. The highest BCUT2D eigenvalue weighted by atomic mass is 19.4. The van der Waals surface area contributed by atoms with Crippen LogP contribution in [0.1, 0.15) is 5.82 Å². The molecule has 3 rings (SSSR count). The van der Waals surface area contributed by atoms with E-state index < -0.39 is 41.7 Å². The maximum atomic E-state index is 12.7. The minimum absolute atomic E-state index is 0.111. The highest BCUT2D eigenvalue weighted by molar-refractivity contribution is 6.27. The Balaban J connectivity index is 1.70. The van der Waals surface area contributed by atoms with Crippen molar-refractivity contribution >= 4 is 29.4 Å². The van der Waals surface area contributed by atoms with Crippen LogP contribution in [-0.4, -0.2) is 57.6 Å². The molecule has 5 amide bonds. The Morgan fingerprint density at radius 3 is 2.16 bits per heavy atom. The molecule has 0 saturated carbocycles. The van der Waals surface area contributed by atoms with Gasteiger partial charge in [-0.25, -0.2) is 9.78 Å². The highest BCUT2D eigenvalue weighted by Gasteiger charge is 2.46. The number of imide groups is 2. The van der Waals surface area contributed by atoms with Gasteiger partial charge in [0, 0.05) is 32.0 Å². The van der Waals surface area contributed by atoms with Crippen molar-refractivity contribution in [3.8, 4) is 11.6 Å². The Bertz CT molecular complexity index is 1030. The second-order valence-electron chi connectivity index (χ2n) is 6.34. The number of nitrogens with one attached hydrogen (secondary N) is 1. The third kappa shape index (κ3) is 4.44. The topological polar surface area (TPSA) is 122 Å². The van der Waals surface area contributed by atoms with Crippen LogP contribution in [0.5, 0.6) is 11.6 Å². The van der Waals surface area contributed by atoms with Gasteiger partial charge in [0.2, 0.25) is 17.6 Å². The number of barbiturate groups is 1. The lowest BCUT2D eigenvalue weighted by Gasteiger charge is -2.32. The normalized spacial score (nSPS) is 15.3. The summed E-state index contributed by atoms with van der Waals surface area (Å²) >= 11 is 0. The second kappa shape index (κ2) is 8.01. The molecule has 1 saturated heterocycles. The first kappa shape index (κ1) is 21.7. The van der Waals surface area contributed by atoms with Crippen LogP contribution in [0.2, 0.25) is 0 Å². The van der Waals surface area contributed by atoms with Crippen molar-refractivity contribution in [1.29, 1.82) is 0 Å². The molecule has 0 aliphatic carbocycles. The minimum Gasteiger partial charge on any atom is -0.439 e. The Kier molecular flexibility index (Phi) is 5.60. The molecule has 31 heavy (non-hydrogen) atoms. The summed E-state index contributed by atoms with van der Waals surface area (Å²) < 4.78 is 43.2. The average molecular weight is 437 g/mol. The summed E-state index contributed by atoms with van der Waals surface area (Å²) in [4.78, 5) is 56.2. The number of ether oxygens (including phenoxy) is 1. The number of rotatable bonds is 4. The van der Waals surface area contributed by atoms with Crippen molar-refractivity contribution in [2.45, 2.75) is 6.18 Å². The van der Waals surface area contributed by atoms with Crippen molar-refractivity contribution in [1.82, 2.24) is 19.8 Å².